The molecule has 0 saturated carbocycles. The van der Waals surface area contributed by atoms with Crippen molar-refractivity contribution in [2.45, 2.75) is 12.5 Å². The van der Waals surface area contributed by atoms with Gasteiger partial charge in [0.2, 0.25) is 5.95 Å². The summed E-state index contributed by atoms with van der Waals surface area (Å²) in [7, 11) is 0. The van der Waals surface area contributed by atoms with Crippen LogP contribution >= 0.6 is 0 Å². The van der Waals surface area contributed by atoms with Gasteiger partial charge in [-0.05, 0) is 30.3 Å². The quantitative estimate of drug-likeness (QED) is 0.557. The fourth-order valence-corrected chi connectivity index (χ4v) is 3.55. The van der Waals surface area contributed by atoms with Gasteiger partial charge in [0.25, 0.3) is 0 Å². The molecule has 2 saturated heterocycles. The van der Waals surface area contributed by atoms with E-state index in [4.69, 9.17) is 14.2 Å². The van der Waals surface area contributed by atoms with Crippen LogP contribution in [-0.4, -0.2) is 76.8 Å². The molecule has 0 bridgehead atoms. The van der Waals surface area contributed by atoms with Gasteiger partial charge >= 0.3 is 12.0 Å². The van der Waals surface area contributed by atoms with Crippen molar-refractivity contribution in [3.8, 4) is 17.4 Å². The third-order valence-electron chi connectivity index (χ3n) is 5.30. The van der Waals surface area contributed by atoms with E-state index in [1.54, 1.807) is 18.2 Å². The molecule has 12 nitrogen and oxygen atoms in total. The van der Waals surface area contributed by atoms with Crippen molar-refractivity contribution >= 4 is 23.4 Å². The molecule has 0 aliphatic carbocycles. The number of morpholine rings is 1. The zero-order valence-electron chi connectivity index (χ0n) is 18.4. The number of aromatic nitrogens is 5. The molecule has 0 spiro atoms. The molecule has 2 aliphatic heterocycles. The number of hydrogen-bond acceptors (Lipinski definition) is 10. The monoisotopic (exact) mass is 464 g/mol. The Kier molecular flexibility index (Phi) is 6.68. The topological polar surface area (TPSA) is 137 Å². The molecule has 2 aliphatic rings. The second-order valence-corrected chi connectivity index (χ2v) is 7.73. The highest BCUT2D eigenvalue weighted by molar-refractivity contribution is 5.99. The van der Waals surface area contributed by atoms with Crippen LogP contribution in [-0.2, 0) is 9.47 Å². The van der Waals surface area contributed by atoms with Gasteiger partial charge in [-0.15, -0.1) is 0 Å². The van der Waals surface area contributed by atoms with E-state index in [1.165, 1.54) is 12.4 Å². The number of carbonyl (C=O) groups excluding carboxylic acids is 1. The van der Waals surface area contributed by atoms with Crippen LogP contribution < -0.4 is 20.3 Å². The first-order chi connectivity index (χ1) is 16.7. The van der Waals surface area contributed by atoms with Crippen LogP contribution in [0.1, 0.15) is 6.42 Å². The van der Waals surface area contributed by atoms with Crippen LogP contribution in [0, 0.1) is 0 Å². The van der Waals surface area contributed by atoms with Crippen LogP contribution in [0.25, 0.3) is 11.4 Å². The first kappa shape index (κ1) is 21.9. The highest BCUT2D eigenvalue weighted by Gasteiger charge is 2.22. The van der Waals surface area contributed by atoms with Crippen molar-refractivity contribution in [1.82, 2.24) is 25.1 Å². The van der Waals surface area contributed by atoms with Gasteiger partial charge in [-0.3, -0.25) is 0 Å². The molecule has 12 heteroatoms. The van der Waals surface area contributed by atoms with Crippen LogP contribution in [0.15, 0.2) is 42.7 Å². The summed E-state index contributed by atoms with van der Waals surface area (Å²) in [5.41, 5.74) is 1.93. The van der Waals surface area contributed by atoms with Gasteiger partial charge in [0, 0.05) is 30.8 Å². The molecule has 2 fully saturated rings. The largest absolute Gasteiger partial charge is 0.457 e. The number of ether oxygens (including phenoxy) is 3. The van der Waals surface area contributed by atoms with Crippen molar-refractivity contribution in [3.63, 3.8) is 0 Å². The third kappa shape index (κ3) is 5.53. The molecule has 1 aromatic carbocycles. The van der Waals surface area contributed by atoms with Crippen LogP contribution in [0.4, 0.5) is 22.1 Å². The maximum Gasteiger partial charge on any atom is 0.323 e. The fraction of sp³-hybridized carbons (Fsp3) is 0.364. The van der Waals surface area contributed by atoms with Crippen LogP contribution in [0.3, 0.4) is 0 Å². The minimum absolute atomic E-state index is 0.0755. The second kappa shape index (κ2) is 10.4. The Morgan fingerprint density at radius 1 is 0.941 bits per heavy atom. The highest BCUT2D eigenvalue weighted by Crippen LogP contribution is 2.24. The maximum atomic E-state index is 12.2. The molecule has 1 atom stereocenters. The van der Waals surface area contributed by atoms with Gasteiger partial charge in [-0.25, -0.2) is 4.79 Å². The van der Waals surface area contributed by atoms with Gasteiger partial charge in [-0.2, -0.15) is 25.1 Å². The molecule has 34 heavy (non-hydrogen) atoms. The van der Waals surface area contributed by atoms with Gasteiger partial charge in [-0.1, -0.05) is 0 Å². The molecule has 0 radical (unpaired) electrons. The van der Waals surface area contributed by atoms with Crippen molar-refractivity contribution < 1.29 is 19.0 Å². The predicted molar refractivity (Wildman–Crippen MR) is 123 cm³/mol. The summed E-state index contributed by atoms with van der Waals surface area (Å²) in [6.45, 7) is 3.81. The van der Waals surface area contributed by atoms with E-state index < -0.39 is 0 Å². The molecule has 1 unspecified atom stereocenters. The maximum absolute atomic E-state index is 12.2. The molecular weight excluding hydrogens is 440 g/mol. The van der Waals surface area contributed by atoms with Crippen molar-refractivity contribution in [2.75, 3.05) is 55.1 Å². The lowest BCUT2D eigenvalue weighted by Crippen LogP contribution is -2.37. The number of urea groups is 1. The van der Waals surface area contributed by atoms with Gasteiger partial charge in [0.1, 0.15) is 6.10 Å². The number of anilines is 3. The summed E-state index contributed by atoms with van der Waals surface area (Å²) in [5, 5.41) is 12.9. The number of nitrogens with one attached hydrogen (secondary N) is 2. The second-order valence-electron chi connectivity index (χ2n) is 7.73. The summed E-state index contributed by atoms with van der Waals surface area (Å²) in [6, 6.07) is 8.78. The van der Waals surface area contributed by atoms with E-state index in [9.17, 15) is 4.79 Å². The molecule has 2 N–H and O–H groups in total. The number of rotatable bonds is 6. The summed E-state index contributed by atoms with van der Waals surface area (Å²) in [6.07, 6.45) is 3.69. The minimum Gasteiger partial charge on any atom is -0.457 e. The van der Waals surface area contributed by atoms with E-state index in [2.05, 4.69) is 40.7 Å². The Morgan fingerprint density at radius 2 is 1.76 bits per heavy atom. The molecule has 2 amide bonds. The summed E-state index contributed by atoms with van der Waals surface area (Å²) in [4.78, 5) is 28.0. The molecule has 3 aromatic rings. The Labute approximate surface area is 195 Å². The number of hydrogen-bond donors (Lipinski definition) is 2. The zero-order valence-corrected chi connectivity index (χ0v) is 18.4. The van der Waals surface area contributed by atoms with E-state index in [0.29, 0.717) is 62.7 Å². The lowest BCUT2D eigenvalue weighted by atomic mass is 10.2. The Balaban J connectivity index is 1.33. The Bertz CT molecular complexity index is 1100. The third-order valence-corrected chi connectivity index (χ3v) is 5.30. The number of carbonyl (C=O) groups is 1. The van der Waals surface area contributed by atoms with Crippen LogP contribution in [0.2, 0.25) is 0 Å². The Morgan fingerprint density at radius 3 is 2.50 bits per heavy atom. The lowest BCUT2D eigenvalue weighted by Gasteiger charge is -2.27. The zero-order chi connectivity index (χ0) is 23.2. The van der Waals surface area contributed by atoms with Crippen molar-refractivity contribution in [3.05, 3.63) is 42.7 Å². The summed E-state index contributed by atoms with van der Waals surface area (Å²) >= 11 is 0. The summed E-state index contributed by atoms with van der Waals surface area (Å²) < 4.78 is 16.8. The van der Waals surface area contributed by atoms with Crippen molar-refractivity contribution in [1.29, 1.82) is 0 Å². The fourth-order valence-electron chi connectivity index (χ4n) is 3.55. The average molecular weight is 464 g/mol. The highest BCUT2D eigenvalue weighted by atomic mass is 16.6. The molecule has 4 heterocycles. The van der Waals surface area contributed by atoms with Gasteiger partial charge in [0.05, 0.1) is 44.5 Å². The number of benzene rings is 1. The predicted octanol–water partition coefficient (Wildman–Crippen LogP) is 1.98. The standard InChI is InChI=1S/C22H24N8O4/c31-21(26-17-5-7-23-24-13-17)25-16-3-1-15(2-4-16)19-27-20(30-8-11-32-12-9-30)29-22(28-19)34-18-6-10-33-14-18/h1-5,7,13,18H,6,8-12,14H2,(H2,23,25,26,31). The lowest BCUT2D eigenvalue weighted by molar-refractivity contribution is 0.121. The summed E-state index contributed by atoms with van der Waals surface area (Å²) in [5.74, 6) is 1.04. The average Bonchev–Trinajstić information content (AvgIpc) is 3.38. The first-order valence-electron chi connectivity index (χ1n) is 11.0. The minimum atomic E-state index is -0.384. The van der Waals surface area contributed by atoms with E-state index in [0.717, 1.165) is 12.0 Å². The van der Waals surface area contributed by atoms with E-state index in [1.807, 2.05) is 12.1 Å². The Hall–Kier alpha value is -3.90. The van der Waals surface area contributed by atoms with Gasteiger partial charge in [0.15, 0.2) is 5.82 Å². The first-order valence-corrected chi connectivity index (χ1v) is 11.0. The normalized spacial score (nSPS) is 17.9. The molecule has 176 valence electrons. The molecule has 5 rings (SSSR count). The molecule has 2 aromatic heterocycles. The van der Waals surface area contributed by atoms with Crippen molar-refractivity contribution in [2.24, 2.45) is 0 Å². The van der Waals surface area contributed by atoms with E-state index in [-0.39, 0.29) is 18.1 Å². The van der Waals surface area contributed by atoms with E-state index >= 15 is 0 Å². The SMILES string of the molecule is O=C(Nc1ccc(-c2nc(OC3CCOC3)nc(N3CCOCC3)n2)cc1)Nc1ccnnc1. The smallest absolute Gasteiger partial charge is 0.323 e. The number of nitrogens with zero attached hydrogens (tertiary/aromatic N) is 6. The molecular formula is C22H24N8O4. The van der Waals surface area contributed by atoms with Crippen LogP contribution in [0.5, 0.6) is 6.01 Å². The number of amides is 2. The van der Waals surface area contributed by atoms with Gasteiger partial charge < -0.3 is 29.7 Å².